The average Bonchev–Trinajstić information content (AvgIpc) is 3.12. The van der Waals surface area contributed by atoms with Gasteiger partial charge in [-0.15, -0.1) is 0 Å². The van der Waals surface area contributed by atoms with Gasteiger partial charge in [0.1, 0.15) is 10.7 Å². The molecule has 4 heterocycles. The molecule has 1 fully saturated rings. The molecule has 0 amide bonds. The van der Waals surface area contributed by atoms with E-state index < -0.39 is 10.0 Å². The standard InChI is InChI=1S/C15H19N5O2S/c1-3-19-9-12(7-17-19)23(21,22)20-11-4-5-15(20)13-8-16-10(2)18-14(13)6-11/h7-9,11,15H,3-6H2,1-2H3. The Morgan fingerprint density at radius 1 is 1.30 bits per heavy atom. The lowest BCUT2D eigenvalue weighted by molar-refractivity contribution is 0.300. The lowest BCUT2D eigenvalue weighted by Crippen LogP contribution is -2.42. The van der Waals surface area contributed by atoms with Crippen molar-refractivity contribution in [2.75, 3.05) is 0 Å². The summed E-state index contributed by atoms with van der Waals surface area (Å²) in [4.78, 5) is 9.05. The second-order valence-corrected chi connectivity index (χ2v) is 7.98. The molecule has 0 saturated carbocycles. The molecule has 4 rings (SSSR count). The Balaban J connectivity index is 1.77. The van der Waals surface area contributed by atoms with E-state index >= 15 is 0 Å². The highest BCUT2D eigenvalue weighted by Gasteiger charge is 2.47. The quantitative estimate of drug-likeness (QED) is 0.849. The van der Waals surface area contributed by atoms with Crippen LogP contribution in [-0.2, 0) is 23.0 Å². The van der Waals surface area contributed by atoms with Crippen molar-refractivity contribution in [1.82, 2.24) is 24.1 Å². The van der Waals surface area contributed by atoms with E-state index in [-0.39, 0.29) is 17.0 Å². The number of nitrogens with zero attached hydrogens (tertiary/aromatic N) is 5. The van der Waals surface area contributed by atoms with Gasteiger partial charge in [0.05, 0.1) is 17.9 Å². The zero-order valence-corrected chi connectivity index (χ0v) is 14.0. The molecule has 0 spiro atoms. The van der Waals surface area contributed by atoms with Gasteiger partial charge < -0.3 is 0 Å². The van der Waals surface area contributed by atoms with Gasteiger partial charge in [-0.1, -0.05) is 0 Å². The average molecular weight is 333 g/mol. The molecule has 2 aliphatic rings. The molecule has 2 aromatic rings. The molecule has 122 valence electrons. The second-order valence-electron chi connectivity index (χ2n) is 6.14. The third-order valence-electron chi connectivity index (χ3n) is 4.76. The predicted molar refractivity (Wildman–Crippen MR) is 83.2 cm³/mol. The van der Waals surface area contributed by atoms with Gasteiger partial charge in [0.15, 0.2) is 0 Å². The maximum Gasteiger partial charge on any atom is 0.247 e. The van der Waals surface area contributed by atoms with Gasteiger partial charge in [-0.2, -0.15) is 9.40 Å². The van der Waals surface area contributed by atoms with Gasteiger partial charge in [-0.3, -0.25) is 4.68 Å². The molecule has 0 radical (unpaired) electrons. The number of aromatic nitrogens is 4. The summed E-state index contributed by atoms with van der Waals surface area (Å²) in [5, 5.41) is 4.11. The zero-order chi connectivity index (χ0) is 16.2. The second kappa shape index (κ2) is 5.10. The molecule has 2 aliphatic heterocycles. The molecule has 8 heteroatoms. The highest BCUT2D eigenvalue weighted by atomic mass is 32.2. The first-order valence-corrected chi connectivity index (χ1v) is 9.33. The van der Waals surface area contributed by atoms with Gasteiger partial charge in [-0.25, -0.2) is 18.4 Å². The van der Waals surface area contributed by atoms with Crippen LogP contribution in [0.15, 0.2) is 23.5 Å². The van der Waals surface area contributed by atoms with Crippen molar-refractivity contribution in [3.05, 3.63) is 35.7 Å². The number of hydrogen-bond donors (Lipinski definition) is 0. The molecule has 2 bridgehead atoms. The number of aryl methyl sites for hydroxylation is 2. The van der Waals surface area contributed by atoms with Gasteiger partial charge in [0.2, 0.25) is 10.0 Å². The molecular formula is C15H19N5O2S. The van der Waals surface area contributed by atoms with E-state index in [1.807, 2.05) is 13.8 Å². The van der Waals surface area contributed by atoms with Crippen LogP contribution >= 0.6 is 0 Å². The third kappa shape index (κ3) is 2.20. The first-order valence-electron chi connectivity index (χ1n) is 7.89. The Hall–Kier alpha value is -1.80. The SMILES string of the molecule is CCn1cc(S(=O)(=O)N2C3CCC2c2cnc(C)nc2C3)cn1. The number of fused-ring (bicyclic) bond motifs is 4. The summed E-state index contributed by atoms with van der Waals surface area (Å²) in [5.41, 5.74) is 1.96. The van der Waals surface area contributed by atoms with E-state index in [0.717, 1.165) is 29.9 Å². The van der Waals surface area contributed by atoms with Gasteiger partial charge in [0.25, 0.3) is 0 Å². The minimum Gasteiger partial charge on any atom is -0.272 e. The van der Waals surface area contributed by atoms with Crippen LogP contribution in [0.1, 0.15) is 42.9 Å². The molecule has 0 aromatic carbocycles. The summed E-state index contributed by atoms with van der Waals surface area (Å²) < 4.78 is 29.5. The van der Waals surface area contributed by atoms with Crippen molar-refractivity contribution in [3.63, 3.8) is 0 Å². The molecule has 2 unspecified atom stereocenters. The molecule has 2 aromatic heterocycles. The van der Waals surface area contributed by atoms with E-state index in [4.69, 9.17) is 0 Å². The molecule has 23 heavy (non-hydrogen) atoms. The Labute approximate surface area is 135 Å². The van der Waals surface area contributed by atoms with Crippen molar-refractivity contribution in [3.8, 4) is 0 Å². The summed E-state index contributed by atoms with van der Waals surface area (Å²) in [5.74, 6) is 0.740. The van der Waals surface area contributed by atoms with E-state index in [9.17, 15) is 8.42 Å². The van der Waals surface area contributed by atoms with Crippen molar-refractivity contribution < 1.29 is 8.42 Å². The van der Waals surface area contributed by atoms with Crippen LogP contribution in [0.5, 0.6) is 0 Å². The topological polar surface area (TPSA) is 81.0 Å². The van der Waals surface area contributed by atoms with Crippen LogP contribution in [0.3, 0.4) is 0 Å². The minimum atomic E-state index is -3.55. The molecule has 0 aliphatic carbocycles. The zero-order valence-electron chi connectivity index (χ0n) is 13.2. The molecule has 1 saturated heterocycles. The Morgan fingerprint density at radius 2 is 2.13 bits per heavy atom. The van der Waals surface area contributed by atoms with Crippen molar-refractivity contribution >= 4 is 10.0 Å². The Kier molecular flexibility index (Phi) is 3.28. The fraction of sp³-hybridized carbons (Fsp3) is 0.533. The summed E-state index contributed by atoms with van der Waals surface area (Å²) in [6.07, 6.45) is 7.19. The van der Waals surface area contributed by atoms with E-state index in [0.29, 0.717) is 13.0 Å². The van der Waals surface area contributed by atoms with E-state index in [1.165, 1.54) is 6.20 Å². The summed E-state index contributed by atoms with van der Waals surface area (Å²) in [7, 11) is -3.55. The Bertz CT molecular complexity index is 861. The van der Waals surface area contributed by atoms with Crippen molar-refractivity contribution in [1.29, 1.82) is 0 Å². The number of rotatable bonds is 3. The highest BCUT2D eigenvalue weighted by Crippen LogP contribution is 2.45. The molecular weight excluding hydrogens is 314 g/mol. The van der Waals surface area contributed by atoms with E-state index in [1.54, 1.807) is 21.4 Å². The highest BCUT2D eigenvalue weighted by molar-refractivity contribution is 7.89. The van der Waals surface area contributed by atoms with Crippen LogP contribution < -0.4 is 0 Å². The normalized spacial score (nSPS) is 23.9. The van der Waals surface area contributed by atoms with Gasteiger partial charge in [0, 0.05) is 37.0 Å². The fourth-order valence-electron chi connectivity index (χ4n) is 3.67. The summed E-state index contributed by atoms with van der Waals surface area (Å²) >= 11 is 0. The monoisotopic (exact) mass is 333 g/mol. The minimum absolute atomic E-state index is 0.0169. The predicted octanol–water partition coefficient (Wildman–Crippen LogP) is 1.45. The lowest BCUT2D eigenvalue weighted by atomic mass is 10.0. The number of sulfonamides is 1. The van der Waals surface area contributed by atoms with Crippen LogP contribution in [0, 0.1) is 6.92 Å². The van der Waals surface area contributed by atoms with Gasteiger partial charge >= 0.3 is 0 Å². The fourth-order valence-corrected chi connectivity index (χ4v) is 5.48. The van der Waals surface area contributed by atoms with Crippen LogP contribution in [0.4, 0.5) is 0 Å². The summed E-state index contributed by atoms with van der Waals surface area (Å²) in [6.45, 7) is 4.45. The smallest absolute Gasteiger partial charge is 0.247 e. The largest absolute Gasteiger partial charge is 0.272 e. The van der Waals surface area contributed by atoms with Crippen LogP contribution in [0.2, 0.25) is 0 Å². The first-order chi connectivity index (χ1) is 11.0. The lowest BCUT2D eigenvalue weighted by Gasteiger charge is -2.34. The molecule has 7 nitrogen and oxygen atoms in total. The van der Waals surface area contributed by atoms with Crippen LogP contribution in [-0.4, -0.2) is 38.5 Å². The molecule has 0 N–H and O–H groups in total. The van der Waals surface area contributed by atoms with Crippen molar-refractivity contribution in [2.24, 2.45) is 0 Å². The van der Waals surface area contributed by atoms with Gasteiger partial charge in [-0.05, 0) is 26.7 Å². The van der Waals surface area contributed by atoms with Crippen molar-refractivity contribution in [2.45, 2.75) is 56.6 Å². The first kappa shape index (κ1) is 14.8. The maximum absolute atomic E-state index is 13.1. The third-order valence-corrected chi connectivity index (χ3v) is 6.67. The van der Waals surface area contributed by atoms with E-state index in [2.05, 4.69) is 15.1 Å². The summed E-state index contributed by atoms with van der Waals surface area (Å²) in [6, 6.07) is -0.170. The maximum atomic E-state index is 13.1. The Morgan fingerprint density at radius 3 is 2.87 bits per heavy atom. The van der Waals surface area contributed by atoms with Crippen LogP contribution in [0.25, 0.3) is 0 Å². The number of hydrogen-bond acceptors (Lipinski definition) is 5. The molecule has 2 atom stereocenters.